The lowest BCUT2D eigenvalue weighted by atomic mass is 9.98. The Kier molecular flexibility index (Phi) is 4.03. The Labute approximate surface area is 84.3 Å². The number of benzene rings is 1. The summed E-state index contributed by atoms with van der Waals surface area (Å²) in [5.41, 5.74) is 26.7. The first-order valence-electron chi connectivity index (χ1n) is 4.70. The van der Waals surface area contributed by atoms with Crippen molar-refractivity contribution in [2.45, 2.75) is 26.2 Å². The van der Waals surface area contributed by atoms with Crippen LogP contribution in [0.1, 0.15) is 22.3 Å². The van der Waals surface area contributed by atoms with Crippen molar-refractivity contribution in [1.29, 1.82) is 0 Å². The third-order valence-electron chi connectivity index (χ3n) is 2.40. The van der Waals surface area contributed by atoms with E-state index >= 15 is 0 Å². The van der Waals surface area contributed by atoms with Gasteiger partial charge in [0.25, 0.3) is 0 Å². The molecule has 1 aromatic rings. The van der Waals surface area contributed by atoms with Gasteiger partial charge in [0.05, 0.1) is 0 Å². The largest absolute Gasteiger partial charge is 0.326 e. The van der Waals surface area contributed by atoms with Crippen molar-refractivity contribution in [3.63, 3.8) is 0 Å². The van der Waals surface area contributed by atoms with E-state index in [1.165, 1.54) is 0 Å². The molecule has 14 heavy (non-hydrogen) atoms. The molecular formula is C10H18N4. The highest BCUT2D eigenvalue weighted by atomic mass is 14.6. The van der Waals surface area contributed by atoms with Gasteiger partial charge in [-0.15, -0.1) is 0 Å². The van der Waals surface area contributed by atoms with Crippen LogP contribution in [-0.2, 0) is 26.2 Å². The van der Waals surface area contributed by atoms with Crippen molar-refractivity contribution < 1.29 is 0 Å². The maximum absolute atomic E-state index is 5.61. The maximum atomic E-state index is 5.61. The van der Waals surface area contributed by atoms with Crippen LogP contribution >= 0.6 is 0 Å². The highest BCUT2D eigenvalue weighted by molar-refractivity contribution is 5.38. The van der Waals surface area contributed by atoms with Crippen LogP contribution in [0.4, 0.5) is 0 Å². The summed E-state index contributed by atoms with van der Waals surface area (Å²) in [7, 11) is 0. The molecule has 0 radical (unpaired) electrons. The van der Waals surface area contributed by atoms with Gasteiger partial charge in [-0.2, -0.15) is 0 Å². The molecule has 0 aliphatic heterocycles. The second kappa shape index (κ2) is 5.07. The van der Waals surface area contributed by atoms with Crippen molar-refractivity contribution in [1.82, 2.24) is 0 Å². The zero-order valence-corrected chi connectivity index (χ0v) is 8.29. The number of hydrogen-bond acceptors (Lipinski definition) is 4. The van der Waals surface area contributed by atoms with Gasteiger partial charge in [0, 0.05) is 26.2 Å². The van der Waals surface area contributed by atoms with Gasteiger partial charge in [-0.25, -0.2) is 0 Å². The molecule has 0 fully saturated rings. The Hall–Kier alpha value is -0.940. The average molecular weight is 194 g/mol. The van der Waals surface area contributed by atoms with E-state index in [0.717, 1.165) is 22.3 Å². The first-order valence-corrected chi connectivity index (χ1v) is 4.70. The van der Waals surface area contributed by atoms with Crippen LogP contribution in [-0.4, -0.2) is 0 Å². The van der Waals surface area contributed by atoms with E-state index in [-0.39, 0.29) is 0 Å². The second-order valence-corrected chi connectivity index (χ2v) is 3.21. The molecule has 0 bridgehead atoms. The minimum Gasteiger partial charge on any atom is -0.326 e. The molecule has 4 nitrogen and oxygen atoms in total. The van der Waals surface area contributed by atoms with Crippen LogP contribution < -0.4 is 22.9 Å². The second-order valence-electron chi connectivity index (χ2n) is 3.21. The normalized spacial score (nSPS) is 10.6. The van der Waals surface area contributed by atoms with Crippen LogP contribution in [0.2, 0.25) is 0 Å². The molecule has 0 spiro atoms. The molecule has 0 heterocycles. The third-order valence-corrected chi connectivity index (χ3v) is 2.40. The third kappa shape index (κ3) is 2.10. The predicted octanol–water partition coefficient (Wildman–Crippen LogP) is -0.479. The molecule has 78 valence electrons. The van der Waals surface area contributed by atoms with Crippen LogP contribution in [0.15, 0.2) is 12.1 Å². The molecule has 0 saturated heterocycles. The minimum absolute atomic E-state index is 0.490. The quantitative estimate of drug-likeness (QED) is 0.519. The van der Waals surface area contributed by atoms with E-state index < -0.39 is 0 Å². The molecule has 1 aromatic carbocycles. The fourth-order valence-corrected chi connectivity index (χ4v) is 1.55. The van der Waals surface area contributed by atoms with Crippen LogP contribution in [0.5, 0.6) is 0 Å². The lowest BCUT2D eigenvalue weighted by Gasteiger charge is -2.12. The minimum atomic E-state index is 0.490. The Morgan fingerprint density at radius 2 is 0.786 bits per heavy atom. The van der Waals surface area contributed by atoms with Gasteiger partial charge >= 0.3 is 0 Å². The van der Waals surface area contributed by atoms with Gasteiger partial charge < -0.3 is 22.9 Å². The lowest BCUT2D eigenvalue weighted by Crippen LogP contribution is -2.12. The summed E-state index contributed by atoms with van der Waals surface area (Å²) in [4.78, 5) is 0. The van der Waals surface area contributed by atoms with Gasteiger partial charge in [-0.3, -0.25) is 0 Å². The van der Waals surface area contributed by atoms with Crippen molar-refractivity contribution >= 4 is 0 Å². The molecule has 0 saturated carbocycles. The standard InChI is InChI=1S/C10H18N4/c11-3-7-1-8(4-12)10(6-14)2-9(7)5-13/h1-2H,3-6,11-14H2. The van der Waals surface area contributed by atoms with Crippen molar-refractivity contribution in [2.75, 3.05) is 0 Å². The lowest BCUT2D eigenvalue weighted by molar-refractivity contribution is 0.923. The van der Waals surface area contributed by atoms with Gasteiger partial charge in [0.1, 0.15) is 0 Å². The summed E-state index contributed by atoms with van der Waals surface area (Å²) in [6, 6.07) is 4.01. The first-order chi connectivity index (χ1) is 6.76. The van der Waals surface area contributed by atoms with Gasteiger partial charge in [-0.05, 0) is 22.3 Å². The van der Waals surface area contributed by atoms with E-state index in [0.29, 0.717) is 26.2 Å². The predicted molar refractivity (Wildman–Crippen MR) is 58.0 cm³/mol. The molecule has 4 heteroatoms. The first kappa shape index (κ1) is 11.1. The molecule has 1 rings (SSSR count). The topological polar surface area (TPSA) is 104 Å². The van der Waals surface area contributed by atoms with Gasteiger partial charge in [0.2, 0.25) is 0 Å². The summed E-state index contributed by atoms with van der Waals surface area (Å²) in [5, 5.41) is 0. The number of nitrogens with two attached hydrogens (primary N) is 4. The molecule has 0 unspecified atom stereocenters. The molecule has 0 atom stereocenters. The Balaban J connectivity index is 3.20. The molecule has 0 aliphatic carbocycles. The molecule has 0 amide bonds. The monoisotopic (exact) mass is 194 g/mol. The average Bonchev–Trinajstić information content (AvgIpc) is 2.26. The molecule has 8 N–H and O–H groups in total. The SMILES string of the molecule is NCc1cc(CN)c(CN)cc1CN. The molecule has 0 aliphatic rings. The highest BCUT2D eigenvalue weighted by Crippen LogP contribution is 2.16. The molecular weight excluding hydrogens is 176 g/mol. The zero-order chi connectivity index (χ0) is 10.6. The van der Waals surface area contributed by atoms with E-state index in [1.54, 1.807) is 0 Å². The highest BCUT2D eigenvalue weighted by Gasteiger charge is 2.05. The van der Waals surface area contributed by atoms with Crippen molar-refractivity contribution in [3.8, 4) is 0 Å². The number of hydrogen-bond donors (Lipinski definition) is 4. The van der Waals surface area contributed by atoms with Crippen LogP contribution in [0, 0.1) is 0 Å². The van der Waals surface area contributed by atoms with E-state index in [9.17, 15) is 0 Å². The summed E-state index contributed by atoms with van der Waals surface area (Å²) in [5.74, 6) is 0. The Morgan fingerprint density at radius 3 is 0.929 bits per heavy atom. The fraction of sp³-hybridized carbons (Fsp3) is 0.400. The zero-order valence-electron chi connectivity index (χ0n) is 8.29. The Bertz CT molecular complexity index is 251. The van der Waals surface area contributed by atoms with E-state index in [2.05, 4.69) is 0 Å². The summed E-state index contributed by atoms with van der Waals surface area (Å²) in [6.07, 6.45) is 0. The van der Waals surface area contributed by atoms with Crippen LogP contribution in [0.25, 0.3) is 0 Å². The van der Waals surface area contributed by atoms with Gasteiger partial charge in [0.15, 0.2) is 0 Å². The summed E-state index contributed by atoms with van der Waals surface area (Å²) in [6.45, 7) is 1.96. The van der Waals surface area contributed by atoms with Crippen molar-refractivity contribution in [3.05, 3.63) is 34.4 Å². The Morgan fingerprint density at radius 1 is 0.571 bits per heavy atom. The summed E-state index contributed by atoms with van der Waals surface area (Å²) < 4.78 is 0. The van der Waals surface area contributed by atoms with Crippen molar-refractivity contribution in [2.24, 2.45) is 22.9 Å². The van der Waals surface area contributed by atoms with Gasteiger partial charge in [-0.1, -0.05) is 12.1 Å². The summed E-state index contributed by atoms with van der Waals surface area (Å²) >= 11 is 0. The van der Waals surface area contributed by atoms with E-state index in [1.807, 2.05) is 12.1 Å². The maximum Gasteiger partial charge on any atom is 0.0181 e. The molecule has 0 aromatic heterocycles. The smallest absolute Gasteiger partial charge is 0.0181 e. The fourth-order valence-electron chi connectivity index (χ4n) is 1.55. The number of rotatable bonds is 4. The van der Waals surface area contributed by atoms with E-state index in [4.69, 9.17) is 22.9 Å². The van der Waals surface area contributed by atoms with Crippen LogP contribution in [0.3, 0.4) is 0 Å².